The minimum atomic E-state index is -4.72. The van der Waals surface area contributed by atoms with Crippen LogP contribution in [0.5, 0.6) is 0 Å². The van der Waals surface area contributed by atoms with Crippen LogP contribution in [0.3, 0.4) is 0 Å². The van der Waals surface area contributed by atoms with Gasteiger partial charge < -0.3 is 5.32 Å². The Bertz CT molecular complexity index is 1600. The summed E-state index contributed by atoms with van der Waals surface area (Å²) < 4.78 is 69.1. The zero-order chi connectivity index (χ0) is 29.6. The Morgan fingerprint density at radius 2 is 1.86 bits per heavy atom. The SMILES string of the molecule is N#Cc1ccc(S(=O)N2c3ccc(C(=O)NCc4ncc(C(F)(F)F)cc4F)cc3C3(CCSCC3)C2C2CC2)cc1. The van der Waals surface area contributed by atoms with Crippen LogP contribution in [-0.4, -0.2) is 32.6 Å². The van der Waals surface area contributed by atoms with Gasteiger partial charge >= 0.3 is 6.18 Å². The first-order chi connectivity index (χ1) is 20.1. The normalized spacial score (nSPS) is 20.2. The van der Waals surface area contributed by atoms with E-state index in [-0.39, 0.29) is 23.7 Å². The van der Waals surface area contributed by atoms with Gasteiger partial charge in [-0.3, -0.25) is 14.1 Å². The number of nitriles is 1. The van der Waals surface area contributed by atoms with Crippen molar-refractivity contribution in [1.29, 1.82) is 5.26 Å². The first-order valence-electron chi connectivity index (χ1n) is 13.6. The van der Waals surface area contributed by atoms with Gasteiger partial charge in [0.1, 0.15) is 5.82 Å². The predicted octanol–water partition coefficient (Wildman–Crippen LogP) is 6.13. The summed E-state index contributed by atoms with van der Waals surface area (Å²) in [6, 6.07) is 14.5. The maximum absolute atomic E-state index is 14.3. The molecule has 12 heteroatoms. The van der Waals surface area contributed by atoms with E-state index in [0.717, 1.165) is 48.4 Å². The topological polar surface area (TPSA) is 86.1 Å². The van der Waals surface area contributed by atoms with E-state index in [2.05, 4.69) is 16.4 Å². The van der Waals surface area contributed by atoms with Crippen LogP contribution in [-0.2, 0) is 29.1 Å². The number of hydrogen-bond acceptors (Lipinski definition) is 5. The number of alkyl halides is 3. The number of rotatable bonds is 6. The van der Waals surface area contributed by atoms with Crippen LogP contribution in [0.1, 0.15) is 58.4 Å². The highest BCUT2D eigenvalue weighted by molar-refractivity contribution is 7.99. The van der Waals surface area contributed by atoms with Crippen LogP contribution < -0.4 is 9.62 Å². The first kappa shape index (κ1) is 28.7. The zero-order valence-corrected chi connectivity index (χ0v) is 23.9. The average molecular weight is 615 g/mol. The van der Waals surface area contributed by atoms with Crippen molar-refractivity contribution in [3.63, 3.8) is 0 Å². The molecule has 2 aliphatic heterocycles. The highest BCUT2D eigenvalue weighted by atomic mass is 32.2. The Kier molecular flexibility index (Phi) is 7.51. The van der Waals surface area contributed by atoms with E-state index in [1.807, 2.05) is 28.2 Å². The van der Waals surface area contributed by atoms with Gasteiger partial charge in [-0.05, 0) is 97.2 Å². The maximum atomic E-state index is 14.3. The van der Waals surface area contributed by atoms with Crippen LogP contribution in [0, 0.1) is 23.1 Å². The summed E-state index contributed by atoms with van der Waals surface area (Å²) in [5, 5.41) is 11.8. The minimum Gasteiger partial charge on any atom is -0.346 e. The summed E-state index contributed by atoms with van der Waals surface area (Å²) in [5.41, 5.74) is 0.815. The number of halogens is 4. The molecule has 6 nitrogen and oxygen atoms in total. The number of anilines is 1. The number of carbonyl (C=O) groups excluding carboxylic acids is 1. The standard InChI is InChI=1S/C30H26F4N4O2S2/c31-24-14-21(30(32,33)34)16-36-25(24)17-37-28(39)20-5-8-26-23(13-20)29(9-11-41-12-10-29)27(19-3-4-19)38(26)42(40)22-6-1-18(15-35)2-7-22/h1-2,5-8,13-14,16,19,27H,3-4,9-12,17H2,(H,37,39). The fourth-order valence-electron chi connectivity index (χ4n) is 6.13. The third-order valence-corrected chi connectivity index (χ3v) is 10.8. The number of nitrogens with one attached hydrogen (secondary N) is 1. The molecule has 0 bridgehead atoms. The summed E-state index contributed by atoms with van der Waals surface area (Å²) in [5.74, 6) is 0.596. The molecule has 2 fully saturated rings. The van der Waals surface area contributed by atoms with Gasteiger partial charge in [-0.2, -0.15) is 30.2 Å². The lowest BCUT2D eigenvalue weighted by Gasteiger charge is -2.41. The van der Waals surface area contributed by atoms with Crippen LogP contribution >= 0.6 is 11.8 Å². The zero-order valence-electron chi connectivity index (χ0n) is 22.3. The molecule has 2 atom stereocenters. The summed E-state index contributed by atoms with van der Waals surface area (Å²) in [4.78, 5) is 17.4. The first-order valence-corrected chi connectivity index (χ1v) is 15.8. The molecular weight excluding hydrogens is 588 g/mol. The van der Waals surface area contributed by atoms with Gasteiger partial charge in [0.05, 0.1) is 46.1 Å². The molecule has 1 saturated heterocycles. The fourth-order valence-corrected chi connectivity index (χ4v) is 8.86. The van der Waals surface area contributed by atoms with Gasteiger partial charge in [0.15, 0.2) is 11.0 Å². The van der Waals surface area contributed by atoms with Crippen molar-refractivity contribution in [3.8, 4) is 6.07 Å². The van der Waals surface area contributed by atoms with Gasteiger partial charge in [-0.1, -0.05) is 0 Å². The molecule has 0 radical (unpaired) electrons. The molecule has 3 heterocycles. The number of carbonyl (C=O) groups is 1. The van der Waals surface area contributed by atoms with E-state index in [1.165, 1.54) is 0 Å². The van der Waals surface area contributed by atoms with Crippen molar-refractivity contribution in [2.45, 2.75) is 54.8 Å². The number of pyridine rings is 1. The van der Waals surface area contributed by atoms with E-state index in [1.54, 1.807) is 30.3 Å². The van der Waals surface area contributed by atoms with Gasteiger partial charge in [0, 0.05) is 17.2 Å². The number of amides is 1. The fraction of sp³-hybridized carbons (Fsp3) is 0.367. The van der Waals surface area contributed by atoms with Crippen molar-refractivity contribution in [2.24, 2.45) is 5.92 Å². The molecule has 1 saturated carbocycles. The lowest BCUT2D eigenvalue weighted by atomic mass is 9.70. The molecule has 2 aromatic carbocycles. The summed E-state index contributed by atoms with van der Waals surface area (Å²) in [6.07, 6.45) is -0.354. The van der Waals surface area contributed by atoms with Gasteiger partial charge in [-0.15, -0.1) is 0 Å². The van der Waals surface area contributed by atoms with E-state index in [0.29, 0.717) is 34.2 Å². The number of thioether (sulfide) groups is 1. The maximum Gasteiger partial charge on any atom is 0.417 e. The lowest BCUT2D eigenvalue weighted by molar-refractivity contribution is -0.138. The third-order valence-electron chi connectivity index (χ3n) is 8.33. The van der Waals surface area contributed by atoms with E-state index in [9.17, 15) is 31.8 Å². The molecule has 1 aromatic heterocycles. The lowest BCUT2D eigenvalue weighted by Crippen LogP contribution is -2.49. The molecule has 1 N–H and O–H groups in total. The average Bonchev–Trinajstić information content (AvgIpc) is 3.80. The minimum absolute atomic E-state index is 0.00590. The molecule has 3 aromatic rings. The third kappa shape index (κ3) is 5.17. The van der Waals surface area contributed by atoms with E-state index in [4.69, 9.17) is 0 Å². The van der Waals surface area contributed by atoms with Crippen molar-refractivity contribution in [2.75, 3.05) is 15.8 Å². The molecule has 1 aliphatic carbocycles. The second-order valence-corrected chi connectivity index (χ2v) is 13.4. The second-order valence-electron chi connectivity index (χ2n) is 10.8. The predicted molar refractivity (Wildman–Crippen MR) is 152 cm³/mol. The van der Waals surface area contributed by atoms with Gasteiger partial charge in [0.2, 0.25) is 0 Å². The number of hydrogen-bond donors (Lipinski definition) is 1. The Balaban J connectivity index is 1.32. The highest BCUT2D eigenvalue weighted by Crippen LogP contribution is 2.59. The number of fused-ring (bicyclic) bond motifs is 2. The van der Waals surface area contributed by atoms with Crippen molar-refractivity contribution >= 4 is 34.3 Å². The van der Waals surface area contributed by atoms with Gasteiger partial charge in [-0.25, -0.2) is 8.60 Å². The van der Waals surface area contributed by atoms with Crippen molar-refractivity contribution in [1.82, 2.24) is 10.3 Å². The second kappa shape index (κ2) is 11.0. The Labute approximate surface area is 247 Å². The van der Waals surface area contributed by atoms with Gasteiger partial charge in [0.25, 0.3) is 5.91 Å². The number of nitrogens with zero attached hydrogens (tertiary/aromatic N) is 3. The molecule has 218 valence electrons. The number of benzene rings is 2. The summed E-state index contributed by atoms with van der Waals surface area (Å²) in [7, 11) is -1.54. The van der Waals surface area contributed by atoms with E-state index < -0.39 is 34.4 Å². The molecular formula is C30H26F4N4O2S2. The monoisotopic (exact) mass is 614 g/mol. The Morgan fingerprint density at radius 1 is 1.14 bits per heavy atom. The molecule has 6 rings (SSSR count). The highest BCUT2D eigenvalue weighted by Gasteiger charge is 2.58. The van der Waals surface area contributed by atoms with Crippen LogP contribution in [0.15, 0.2) is 59.6 Å². The largest absolute Gasteiger partial charge is 0.417 e. The van der Waals surface area contributed by atoms with Crippen molar-refractivity contribution < 1.29 is 26.6 Å². The van der Waals surface area contributed by atoms with Crippen LogP contribution in [0.25, 0.3) is 0 Å². The van der Waals surface area contributed by atoms with Crippen LogP contribution in [0.2, 0.25) is 0 Å². The molecule has 1 spiro atoms. The quantitative estimate of drug-likeness (QED) is 0.338. The Hall–Kier alpha value is -3.43. The molecule has 1 amide bonds. The summed E-state index contributed by atoms with van der Waals surface area (Å²) >= 11 is 1.88. The molecule has 3 aliphatic rings. The Morgan fingerprint density at radius 3 is 2.48 bits per heavy atom. The molecule has 42 heavy (non-hydrogen) atoms. The smallest absolute Gasteiger partial charge is 0.346 e. The summed E-state index contributed by atoms with van der Waals surface area (Å²) in [6.45, 7) is -0.374. The van der Waals surface area contributed by atoms with E-state index >= 15 is 0 Å². The van der Waals surface area contributed by atoms with Crippen molar-refractivity contribution in [3.05, 3.63) is 88.5 Å². The number of aromatic nitrogens is 1. The van der Waals surface area contributed by atoms with Crippen LogP contribution in [0.4, 0.5) is 23.2 Å². The molecule has 2 unspecified atom stereocenters.